The van der Waals surface area contributed by atoms with E-state index in [-0.39, 0.29) is 11.9 Å². The van der Waals surface area contributed by atoms with Gasteiger partial charge >= 0.3 is 0 Å². The van der Waals surface area contributed by atoms with Gasteiger partial charge in [0.15, 0.2) is 5.65 Å². The third kappa shape index (κ3) is 4.31. The summed E-state index contributed by atoms with van der Waals surface area (Å²) < 4.78 is 7.18. The number of nitrogens with one attached hydrogen (secondary N) is 1. The van der Waals surface area contributed by atoms with Gasteiger partial charge in [0.05, 0.1) is 25.5 Å². The number of hydrogen-bond donors (Lipinski definition) is 1. The van der Waals surface area contributed by atoms with Gasteiger partial charge in [0, 0.05) is 31.0 Å². The van der Waals surface area contributed by atoms with E-state index in [1.54, 1.807) is 10.7 Å². The lowest BCUT2D eigenvalue weighted by atomic mass is 10.0. The summed E-state index contributed by atoms with van der Waals surface area (Å²) in [7, 11) is 0. The first kappa shape index (κ1) is 19.5. The smallest absolute Gasteiger partial charge is 0.257 e. The Labute approximate surface area is 170 Å². The van der Waals surface area contributed by atoms with Crippen molar-refractivity contribution < 1.29 is 9.53 Å². The molecule has 1 N–H and O–H groups in total. The van der Waals surface area contributed by atoms with Crippen LogP contribution in [0.3, 0.4) is 0 Å². The molecule has 4 rings (SSSR count). The Morgan fingerprint density at radius 1 is 1.17 bits per heavy atom. The summed E-state index contributed by atoms with van der Waals surface area (Å²) in [6, 6.07) is 10.2. The Balaban J connectivity index is 1.61. The lowest BCUT2D eigenvalue weighted by Gasteiger charge is -2.31. The lowest BCUT2D eigenvalue weighted by molar-refractivity contribution is 0.0332. The van der Waals surface area contributed by atoms with Gasteiger partial charge in [-0.05, 0) is 32.4 Å². The number of rotatable bonds is 5. The molecule has 1 aromatic carbocycles. The van der Waals surface area contributed by atoms with Gasteiger partial charge in [-0.3, -0.25) is 9.69 Å². The van der Waals surface area contributed by atoms with Crippen LogP contribution in [0, 0.1) is 20.8 Å². The number of carbonyl (C=O) groups is 1. The zero-order chi connectivity index (χ0) is 20.4. The number of aromatic nitrogens is 3. The first-order chi connectivity index (χ1) is 14.0. The lowest BCUT2D eigenvalue weighted by Crippen LogP contribution is -2.43. The van der Waals surface area contributed by atoms with Crippen LogP contribution in [0.25, 0.3) is 5.65 Å². The van der Waals surface area contributed by atoms with E-state index >= 15 is 0 Å². The average Bonchev–Trinajstić information content (AvgIpc) is 3.13. The Morgan fingerprint density at radius 3 is 2.62 bits per heavy atom. The molecule has 29 heavy (non-hydrogen) atoms. The number of benzene rings is 1. The van der Waals surface area contributed by atoms with E-state index in [2.05, 4.69) is 51.5 Å². The number of morpholine rings is 1. The zero-order valence-electron chi connectivity index (χ0n) is 17.2. The standard InChI is InChI=1S/C22H27N5O2/c1-15-4-6-18(7-5-15)20(14-26-8-10-29-11-9-26)25-22(28)19-13-23-27-17(3)12-16(2)24-21(19)27/h4-7,12-13,20H,8-11,14H2,1-3H3,(H,25,28)/t20-/m0/s1. The molecule has 152 valence electrons. The summed E-state index contributed by atoms with van der Waals surface area (Å²) in [4.78, 5) is 20.1. The predicted octanol–water partition coefficient (Wildman–Crippen LogP) is 2.46. The van der Waals surface area contributed by atoms with Crippen LogP contribution in [0.1, 0.15) is 38.9 Å². The van der Waals surface area contributed by atoms with Crippen molar-refractivity contribution in [2.75, 3.05) is 32.8 Å². The Bertz CT molecular complexity index is 1010. The third-order valence-corrected chi connectivity index (χ3v) is 5.35. The molecule has 7 nitrogen and oxygen atoms in total. The fourth-order valence-corrected chi connectivity index (χ4v) is 3.74. The van der Waals surface area contributed by atoms with Gasteiger partial charge in [0.1, 0.15) is 5.56 Å². The van der Waals surface area contributed by atoms with Crippen LogP contribution in [0.2, 0.25) is 0 Å². The highest BCUT2D eigenvalue weighted by Gasteiger charge is 2.23. The maximum atomic E-state index is 13.2. The summed E-state index contributed by atoms with van der Waals surface area (Å²) in [5.41, 5.74) is 5.20. The van der Waals surface area contributed by atoms with Gasteiger partial charge in [0.25, 0.3) is 5.91 Å². The SMILES string of the molecule is Cc1ccc([C@H](CN2CCOCC2)NC(=O)c2cnn3c(C)cc(C)nc23)cc1. The van der Waals surface area contributed by atoms with Gasteiger partial charge in [-0.25, -0.2) is 9.50 Å². The van der Waals surface area contributed by atoms with Crippen molar-refractivity contribution in [3.05, 3.63) is 64.6 Å². The Kier molecular flexibility index (Phi) is 5.60. The molecule has 3 aromatic rings. The first-order valence-electron chi connectivity index (χ1n) is 10.0. The van der Waals surface area contributed by atoms with Crippen molar-refractivity contribution in [1.82, 2.24) is 24.8 Å². The molecule has 1 atom stereocenters. The molecule has 1 amide bonds. The largest absolute Gasteiger partial charge is 0.379 e. The average molecular weight is 393 g/mol. The van der Waals surface area contributed by atoms with E-state index in [4.69, 9.17) is 4.74 Å². The molecule has 0 unspecified atom stereocenters. The number of fused-ring (bicyclic) bond motifs is 1. The highest BCUT2D eigenvalue weighted by molar-refractivity contribution is 5.99. The molecule has 0 spiro atoms. The highest BCUT2D eigenvalue weighted by Crippen LogP contribution is 2.19. The Hall–Kier alpha value is -2.77. The van der Waals surface area contributed by atoms with Crippen LogP contribution in [0.5, 0.6) is 0 Å². The van der Waals surface area contributed by atoms with Crippen molar-refractivity contribution in [1.29, 1.82) is 0 Å². The van der Waals surface area contributed by atoms with Gasteiger partial charge in [0.2, 0.25) is 0 Å². The monoisotopic (exact) mass is 393 g/mol. The second kappa shape index (κ2) is 8.31. The molecule has 7 heteroatoms. The molecule has 0 radical (unpaired) electrons. The number of nitrogens with zero attached hydrogens (tertiary/aromatic N) is 4. The van der Waals surface area contributed by atoms with Crippen molar-refractivity contribution in [3.8, 4) is 0 Å². The van der Waals surface area contributed by atoms with E-state index < -0.39 is 0 Å². The third-order valence-electron chi connectivity index (χ3n) is 5.35. The number of aryl methyl sites for hydroxylation is 3. The normalized spacial score (nSPS) is 16.1. The molecule has 0 saturated carbocycles. The summed E-state index contributed by atoms with van der Waals surface area (Å²) in [5, 5.41) is 7.57. The van der Waals surface area contributed by atoms with Crippen LogP contribution >= 0.6 is 0 Å². The minimum Gasteiger partial charge on any atom is -0.379 e. The highest BCUT2D eigenvalue weighted by atomic mass is 16.5. The summed E-state index contributed by atoms with van der Waals surface area (Å²) in [6.45, 7) is 9.89. The molecule has 1 saturated heterocycles. The number of hydrogen-bond acceptors (Lipinski definition) is 5. The van der Waals surface area contributed by atoms with Gasteiger partial charge in [-0.15, -0.1) is 0 Å². The maximum Gasteiger partial charge on any atom is 0.257 e. The molecule has 1 aliphatic rings. The molecule has 1 fully saturated rings. The van der Waals surface area contributed by atoms with Crippen molar-refractivity contribution in [2.45, 2.75) is 26.8 Å². The summed E-state index contributed by atoms with van der Waals surface area (Å²) in [6.07, 6.45) is 1.60. The van der Waals surface area contributed by atoms with Crippen molar-refractivity contribution in [3.63, 3.8) is 0 Å². The van der Waals surface area contributed by atoms with E-state index in [0.29, 0.717) is 11.2 Å². The number of carbonyl (C=O) groups excluding carboxylic acids is 1. The van der Waals surface area contributed by atoms with Crippen LogP contribution in [0.15, 0.2) is 36.5 Å². The number of ether oxygens (including phenoxy) is 1. The van der Waals surface area contributed by atoms with E-state index in [0.717, 1.165) is 49.8 Å². The van der Waals surface area contributed by atoms with Crippen molar-refractivity contribution >= 4 is 11.6 Å². The van der Waals surface area contributed by atoms with Crippen LogP contribution in [-0.2, 0) is 4.74 Å². The quantitative estimate of drug-likeness (QED) is 0.721. The van der Waals surface area contributed by atoms with E-state index in [9.17, 15) is 4.79 Å². The van der Waals surface area contributed by atoms with Gasteiger partial charge in [-0.2, -0.15) is 5.10 Å². The second-order valence-electron chi connectivity index (χ2n) is 7.68. The Morgan fingerprint density at radius 2 is 1.90 bits per heavy atom. The molecular formula is C22H27N5O2. The number of amides is 1. The molecular weight excluding hydrogens is 366 g/mol. The van der Waals surface area contributed by atoms with Crippen molar-refractivity contribution in [2.24, 2.45) is 0 Å². The van der Waals surface area contributed by atoms with Crippen LogP contribution in [-0.4, -0.2) is 58.3 Å². The fraction of sp³-hybridized carbons (Fsp3) is 0.409. The van der Waals surface area contributed by atoms with Gasteiger partial charge in [-0.1, -0.05) is 29.8 Å². The van der Waals surface area contributed by atoms with Gasteiger partial charge < -0.3 is 10.1 Å². The minimum atomic E-state index is -0.156. The molecule has 0 bridgehead atoms. The van der Waals surface area contributed by atoms with Crippen LogP contribution < -0.4 is 5.32 Å². The minimum absolute atomic E-state index is 0.123. The fourth-order valence-electron chi connectivity index (χ4n) is 3.74. The summed E-state index contributed by atoms with van der Waals surface area (Å²) >= 11 is 0. The zero-order valence-corrected chi connectivity index (χ0v) is 17.2. The topological polar surface area (TPSA) is 71.8 Å². The maximum absolute atomic E-state index is 13.2. The molecule has 2 aromatic heterocycles. The van der Waals surface area contributed by atoms with E-state index in [1.807, 2.05) is 19.9 Å². The van der Waals surface area contributed by atoms with Crippen LogP contribution in [0.4, 0.5) is 0 Å². The molecule has 1 aliphatic heterocycles. The molecule has 3 heterocycles. The first-order valence-corrected chi connectivity index (χ1v) is 10.0. The van der Waals surface area contributed by atoms with E-state index in [1.165, 1.54) is 5.56 Å². The predicted molar refractivity (Wildman–Crippen MR) is 111 cm³/mol. The summed E-state index contributed by atoms with van der Waals surface area (Å²) in [5.74, 6) is -0.156. The second-order valence-corrected chi connectivity index (χ2v) is 7.68. The molecule has 0 aliphatic carbocycles.